The van der Waals surface area contributed by atoms with E-state index in [4.69, 9.17) is 9.47 Å². The topological polar surface area (TPSA) is 62.8 Å². The van der Waals surface area contributed by atoms with Crippen molar-refractivity contribution < 1.29 is 14.3 Å². The van der Waals surface area contributed by atoms with Crippen LogP contribution in [0.2, 0.25) is 0 Å². The highest BCUT2D eigenvalue weighted by Crippen LogP contribution is 2.06. The van der Waals surface area contributed by atoms with Gasteiger partial charge in [-0.1, -0.05) is 0 Å². The first-order chi connectivity index (χ1) is 10.2. The fourth-order valence-electron chi connectivity index (χ4n) is 2.00. The van der Waals surface area contributed by atoms with Gasteiger partial charge in [0, 0.05) is 19.7 Å². The summed E-state index contributed by atoms with van der Waals surface area (Å²) in [4.78, 5) is 13.7. The molecule has 6 heteroatoms. The van der Waals surface area contributed by atoms with Gasteiger partial charge in [0.1, 0.15) is 5.60 Å². The highest BCUT2D eigenvalue weighted by molar-refractivity contribution is 5.67. The zero-order valence-electron chi connectivity index (χ0n) is 15.2. The Hall–Kier alpha value is -0.850. The summed E-state index contributed by atoms with van der Waals surface area (Å²) in [6, 6.07) is 0.326. The normalized spacial score (nSPS) is 13.2. The van der Waals surface area contributed by atoms with Gasteiger partial charge < -0.3 is 25.0 Å². The van der Waals surface area contributed by atoms with Crippen LogP contribution in [0, 0.1) is 0 Å². The fourth-order valence-corrected chi connectivity index (χ4v) is 2.00. The van der Waals surface area contributed by atoms with Crippen LogP contribution >= 0.6 is 0 Å². The number of carbonyl (C=O) groups excluding carboxylic acids is 1. The predicted octanol–water partition coefficient (Wildman–Crippen LogP) is 1.85. The Labute approximate surface area is 135 Å². The maximum atomic E-state index is 11.5. The lowest BCUT2D eigenvalue weighted by molar-refractivity contribution is 0.0526. The third kappa shape index (κ3) is 14.1. The lowest BCUT2D eigenvalue weighted by Crippen LogP contribution is -2.37. The molecule has 1 amide bonds. The zero-order valence-corrected chi connectivity index (χ0v) is 15.2. The molecular weight excluding hydrogens is 282 g/mol. The standard InChI is InChI=1S/C16H35N3O3/c1-16(2,3)22-15(20)18-10-7-9-14(13-21-6)17-11-8-12-19(4)5/h14,17H,7-13H2,1-6H3,(H,18,20). The van der Waals surface area contributed by atoms with E-state index >= 15 is 0 Å². The van der Waals surface area contributed by atoms with Gasteiger partial charge in [-0.3, -0.25) is 0 Å². The lowest BCUT2D eigenvalue weighted by atomic mass is 10.1. The van der Waals surface area contributed by atoms with Gasteiger partial charge in [0.05, 0.1) is 6.61 Å². The summed E-state index contributed by atoms with van der Waals surface area (Å²) in [6.07, 6.45) is 2.62. The van der Waals surface area contributed by atoms with Crippen molar-refractivity contribution in [1.82, 2.24) is 15.5 Å². The van der Waals surface area contributed by atoms with Crippen LogP contribution < -0.4 is 10.6 Å². The summed E-state index contributed by atoms with van der Waals surface area (Å²) < 4.78 is 10.4. The number of hydrogen-bond acceptors (Lipinski definition) is 5. The number of carbonyl (C=O) groups is 1. The second kappa shape index (κ2) is 11.7. The van der Waals surface area contributed by atoms with Crippen molar-refractivity contribution in [3.05, 3.63) is 0 Å². The van der Waals surface area contributed by atoms with Gasteiger partial charge in [-0.05, 0) is 67.2 Å². The lowest BCUT2D eigenvalue weighted by Gasteiger charge is -2.21. The number of rotatable bonds is 11. The molecule has 0 aromatic heterocycles. The maximum absolute atomic E-state index is 11.5. The predicted molar refractivity (Wildman–Crippen MR) is 90.3 cm³/mol. The van der Waals surface area contributed by atoms with Crippen LogP contribution in [0.25, 0.3) is 0 Å². The first kappa shape index (κ1) is 21.1. The molecule has 0 aliphatic carbocycles. The molecule has 0 aromatic carbocycles. The highest BCUT2D eigenvalue weighted by Gasteiger charge is 2.15. The summed E-state index contributed by atoms with van der Waals surface area (Å²) in [5, 5.41) is 6.29. The van der Waals surface area contributed by atoms with Crippen molar-refractivity contribution in [3.63, 3.8) is 0 Å². The van der Waals surface area contributed by atoms with Crippen LogP contribution in [0.1, 0.15) is 40.0 Å². The zero-order chi connectivity index (χ0) is 17.0. The molecule has 0 radical (unpaired) electrons. The van der Waals surface area contributed by atoms with Gasteiger partial charge in [-0.25, -0.2) is 4.79 Å². The smallest absolute Gasteiger partial charge is 0.407 e. The highest BCUT2D eigenvalue weighted by atomic mass is 16.6. The van der Waals surface area contributed by atoms with E-state index in [0.29, 0.717) is 19.2 Å². The molecule has 0 heterocycles. The summed E-state index contributed by atoms with van der Waals surface area (Å²) >= 11 is 0. The monoisotopic (exact) mass is 317 g/mol. The molecule has 0 fully saturated rings. The Bertz CT molecular complexity index is 291. The third-order valence-electron chi connectivity index (χ3n) is 2.98. The molecule has 0 bridgehead atoms. The molecule has 1 atom stereocenters. The van der Waals surface area contributed by atoms with Crippen LogP contribution in [-0.4, -0.2) is 70.1 Å². The summed E-state index contributed by atoms with van der Waals surface area (Å²) in [5.74, 6) is 0. The first-order valence-corrected chi connectivity index (χ1v) is 8.08. The van der Waals surface area contributed by atoms with Crippen molar-refractivity contribution in [2.75, 3.05) is 47.4 Å². The van der Waals surface area contributed by atoms with Gasteiger partial charge in [0.25, 0.3) is 0 Å². The minimum atomic E-state index is -0.448. The minimum Gasteiger partial charge on any atom is -0.444 e. The average molecular weight is 317 g/mol. The molecule has 0 aromatic rings. The quantitative estimate of drug-likeness (QED) is 0.569. The van der Waals surface area contributed by atoms with Crippen molar-refractivity contribution in [2.24, 2.45) is 0 Å². The van der Waals surface area contributed by atoms with E-state index in [9.17, 15) is 4.79 Å². The molecule has 0 aliphatic rings. The Morgan fingerprint density at radius 1 is 1.18 bits per heavy atom. The van der Waals surface area contributed by atoms with Gasteiger partial charge >= 0.3 is 6.09 Å². The molecule has 0 saturated heterocycles. The van der Waals surface area contributed by atoms with E-state index in [-0.39, 0.29) is 6.09 Å². The number of alkyl carbamates (subject to hydrolysis) is 1. The van der Waals surface area contributed by atoms with E-state index in [1.165, 1.54) is 0 Å². The van der Waals surface area contributed by atoms with E-state index in [1.54, 1.807) is 7.11 Å². The number of nitrogens with one attached hydrogen (secondary N) is 2. The van der Waals surface area contributed by atoms with E-state index in [0.717, 1.165) is 32.4 Å². The van der Waals surface area contributed by atoms with Crippen LogP contribution in [-0.2, 0) is 9.47 Å². The SMILES string of the molecule is COCC(CCCNC(=O)OC(C)(C)C)NCCCN(C)C. The molecule has 22 heavy (non-hydrogen) atoms. The Balaban J connectivity index is 3.79. The van der Waals surface area contributed by atoms with Crippen molar-refractivity contribution in [3.8, 4) is 0 Å². The van der Waals surface area contributed by atoms with Gasteiger partial charge in [-0.15, -0.1) is 0 Å². The first-order valence-electron chi connectivity index (χ1n) is 8.08. The number of amides is 1. The molecule has 0 saturated carbocycles. The molecular formula is C16H35N3O3. The third-order valence-corrected chi connectivity index (χ3v) is 2.98. The Morgan fingerprint density at radius 2 is 1.86 bits per heavy atom. The molecule has 1 unspecified atom stereocenters. The molecule has 6 nitrogen and oxygen atoms in total. The van der Waals surface area contributed by atoms with Crippen LogP contribution in [0.3, 0.4) is 0 Å². The summed E-state index contributed by atoms with van der Waals surface area (Å²) in [5.41, 5.74) is -0.448. The van der Waals surface area contributed by atoms with Crippen molar-refractivity contribution in [2.45, 2.75) is 51.7 Å². The largest absolute Gasteiger partial charge is 0.444 e. The summed E-state index contributed by atoms with van der Waals surface area (Å²) in [7, 11) is 5.87. The maximum Gasteiger partial charge on any atom is 0.407 e. The number of hydrogen-bond donors (Lipinski definition) is 2. The second-order valence-electron chi connectivity index (χ2n) is 6.83. The van der Waals surface area contributed by atoms with Crippen molar-refractivity contribution in [1.29, 1.82) is 0 Å². The van der Waals surface area contributed by atoms with Crippen LogP contribution in [0.5, 0.6) is 0 Å². The molecule has 0 rings (SSSR count). The van der Waals surface area contributed by atoms with E-state index < -0.39 is 5.60 Å². The number of nitrogens with zero attached hydrogens (tertiary/aromatic N) is 1. The van der Waals surface area contributed by atoms with Gasteiger partial charge in [0.2, 0.25) is 0 Å². The van der Waals surface area contributed by atoms with E-state index in [2.05, 4.69) is 29.6 Å². The molecule has 132 valence electrons. The Kier molecular flexibility index (Phi) is 11.2. The minimum absolute atomic E-state index is 0.326. The molecule has 2 N–H and O–H groups in total. The summed E-state index contributed by atoms with van der Waals surface area (Å²) in [6.45, 7) is 8.94. The van der Waals surface area contributed by atoms with Crippen molar-refractivity contribution >= 4 is 6.09 Å². The molecule has 0 aliphatic heterocycles. The van der Waals surface area contributed by atoms with Gasteiger partial charge in [-0.2, -0.15) is 0 Å². The van der Waals surface area contributed by atoms with Crippen LogP contribution in [0.15, 0.2) is 0 Å². The number of ether oxygens (including phenoxy) is 2. The van der Waals surface area contributed by atoms with Gasteiger partial charge in [0.15, 0.2) is 0 Å². The Morgan fingerprint density at radius 3 is 2.41 bits per heavy atom. The number of methoxy groups -OCH3 is 1. The van der Waals surface area contributed by atoms with Crippen LogP contribution in [0.4, 0.5) is 4.79 Å². The fraction of sp³-hybridized carbons (Fsp3) is 0.938. The average Bonchev–Trinajstić information content (AvgIpc) is 2.37. The second-order valence-corrected chi connectivity index (χ2v) is 6.83. The molecule has 0 spiro atoms. The van der Waals surface area contributed by atoms with E-state index in [1.807, 2.05) is 20.8 Å².